The van der Waals surface area contributed by atoms with E-state index in [0.717, 1.165) is 31.4 Å². The summed E-state index contributed by atoms with van der Waals surface area (Å²) in [6.07, 6.45) is 7.59. The van der Waals surface area contributed by atoms with Crippen LogP contribution in [0.25, 0.3) is 5.65 Å². The SMILES string of the molecule is O=C(Nc1nnc2ccccn12)N1CCCCC[C@@H]1c1ccco1. The van der Waals surface area contributed by atoms with E-state index in [-0.39, 0.29) is 12.1 Å². The van der Waals surface area contributed by atoms with Crippen LogP contribution in [0.15, 0.2) is 47.2 Å². The van der Waals surface area contributed by atoms with Crippen LogP contribution < -0.4 is 5.32 Å². The number of pyridine rings is 1. The number of anilines is 1. The summed E-state index contributed by atoms with van der Waals surface area (Å²) in [5.74, 6) is 1.26. The topological polar surface area (TPSA) is 75.7 Å². The number of nitrogens with one attached hydrogen (secondary N) is 1. The summed E-state index contributed by atoms with van der Waals surface area (Å²) in [4.78, 5) is 14.7. The van der Waals surface area contributed by atoms with Gasteiger partial charge in [0.1, 0.15) is 5.76 Å². The molecule has 24 heavy (non-hydrogen) atoms. The van der Waals surface area contributed by atoms with Crippen molar-refractivity contribution in [1.82, 2.24) is 19.5 Å². The molecule has 1 aliphatic heterocycles. The molecule has 0 radical (unpaired) electrons. The third kappa shape index (κ3) is 2.73. The number of nitrogens with zero attached hydrogens (tertiary/aromatic N) is 4. The fraction of sp³-hybridized carbons (Fsp3) is 0.353. The highest BCUT2D eigenvalue weighted by molar-refractivity contribution is 5.88. The molecule has 124 valence electrons. The van der Waals surface area contributed by atoms with Crippen LogP contribution in [0, 0.1) is 0 Å². The number of likely N-dealkylation sites (tertiary alicyclic amines) is 1. The molecule has 2 amide bonds. The Balaban J connectivity index is 1.59. The maximum atomic E-state index is 12.9. The number of carbonyl (C=O) groups is 1. The second-order valence-electron chi connectivity index (χ2n) is 5.96. The molecule has 1 fully saturated rings. The Morgan fingerprint density at radius 1 is 1.17 bits per heavy atom. The van der Waals surface area contributed by atoms with Gasteiger partial charge in [0.2, 0.25) is 5.95 Å². The third-order valence-corrected chi connectivity index (χ3v) is 4.42. The van der Waals surface area contributed by atoms with Crippen LogP contribution in [-0.4, -0.2) is 32.1 Å². The van der Waals surface area contributed by atoms with Gasteiger partial charge >= 0.3 is 6.03 Å². The van der Waals surface area contributed by atoms with E-state index in [4.69, 9.17) is 4.42 Å². The first-order valence-electron chi connectivity index (χ1n) is 8.24. The maximum absolute atomic E-state index is 12.9. The Labute approximate surface area is 139 Å². The number of aromatic nitrogens is 3. The smallest absolute Gasteiger partial charge is 0.324 e. The molecule has 0 saturated carbocycles. The molecule has 7 nitrogen and oxygen atoms in total. The second-order valence-corrected chi connectivity index (χ2v) is 5.96. The normalized spacial score (nSPS) is 18.5. The van der Waals surface area contributed by atoms with Gasteiger partial charge in [0, 0.05) is 12.7 Å². The summed E-state index contributed by atoms with van der Waals surface area (Å²) in [7, 11) is 0. The molecule has 0 unspecified atom stereocenters. The fourth-order valence-corrected chi connectivity index (χ4v) is 3.22. The van der Waals surface area contributed by atoms with Crippen LogP contribution in [0.3, 0.4) is 0 Å². The predicted molar refractivity (Wildman–Crippen MR) is 88.6 cm³/mol. The van der Waals surface area contributed by atoms with Crippen LogP contribution in [0.1, 0.15) is 37.5 Å². The zero-order valence-electron chi connectivity index (χ0n) is 13.3. The van der Waals surface area contributed by atoms with Crippen LogP contribution in [0.5, 0.6) is 0 Å². The van der Waals surface area contributed by atoms with Crippen molar-refractivity contribution in [2.75, 3.05) is 11.9 Å². The fourth-order valence-electron chi connectivity index (χ4n) is 3.22. The van der Waals surface area contributed by atoms with Crippen molar-refractivity contribution < 1.29 is 9.21 Å². The average Bonchev–Trinajstić information content (AvgIpc) is 3.20. The first kappa shape index (κ1) is 14.7. The number of fused-ring (bicyclic) bond motifs is 1. The Bertz CT molecular complexity index is 827. The molecule has 7 heteroatoms. The minimum absolute atomic E-state index is 0.0401. The van der Waals surface area contributed by atoms with Crippen molar-refractivity contribution >= 4 is 17.6 Å². The van der Waals surface area contributed by atoms with Crippen molar-refractivity contribution in [2.45, 2.75) is 31.7 Å². The van der Waals surface area contributed by atoms with Gasteiger partial charge in [-0.15, -0.1) is 10.2 Å². The van der Waals surface area contributed by atoms with Crippen LogP contribution in [0.2, 0.25) is 0 Å². The van der Waals surface area contributed by atoms with E-state index in [0.29, 0.717) is 18.1 Å². The van der Waals surface area contributed by atoms with E-state index in [1.165, 1.54) is 0 Å². The monoisotopic (exact) mass is 325 g/mol. The first-order chi connectivity index (χ1) is 11.8. The Hall–Kier alpha value is -2.83. The van der Waals surface area contributed by atoms with Gasteiger partial charge in [-0.1, -0.05) is 18.9 Å². The molecular weight excluding hydrogens is 306 g/mol. The van der Waals surface area contributed by atoms with E-state index in [1.54, 1.807) is 10.7 Å². The minimum atomic E-state index is -0.170. The summed E-state index contributed by atoms with van der Waals surface area (Å²) < 4.78 is 7.32. The van der Waals surface area contributed by atoms with Gasteiger partial charge in [0.05, 0.1) is 12.3 Å². The molecule has 0 spiro atoms. The highest BCUT2D eigenvalue weighted by Crippen LogP contribution is 2.30. The maximum Gasteiger partial charge on any atom is 0.324 e. The van der Waals surface area contributed by atoms with Gasteiger partial charge in [0.25, 0.3) is 0 Å². The number of amides is 2. The number of furan rings is 1. The molecule has 4 rings (SSSR count). The molecule has 1 atom stereocenters. The van der Waals surface area contributed by atoms with E-state index in [1.807, 2.05) is 41.4 Å². The molecule has 4 heterocycles. The molecule has 0 aliphatic carbocycles. The third-order valence-electron chi connectivity index (χ3n) is 4.42. The number of hydrogen-bond acceptors (Lipinski definition) is 4. The molecule has 1 saturated heterocycles. The van der Waals surface area contributed by atoms with Gasteiger partial charge in [-0.2, -0.15) is 0 Å². The lowest BCUT2D eigenvalue weighted by Crippen LogP contribution is -2.38. The van der Waals surface area contributed by atoms with Gasteiger partial charge < -0.3 is 9.32 Å². The number of carbonyl (C=O) groups excluding carboxylic acids is 1. The summed E-state index contributed by atoms with van der Waals surface area (Å²) in [6, 6.07) is 9.20. The number of rotatable bonds is 2. The first-order valence-corrected chi connectivity index (χ1v) is 8.24. The molecule has 0 aromatic carbocycles. The minimum Gasteiger partial charge on any atom is -0.467 e. The van der Waals surface area contributed by atoms with E-state index in [2.05, 4.69) is 15.5 Å². The van der Waals surface area contributed by atoms with Crippen LogP contribution in [-0.2, 0) is 0 Å². The second kappa shape index (κ2) is 6.35. The molecule has 1 N–H and O–H groups in total. The molecule has 0 bridgehead atoms. The molecular formula is C17H19N5O2. The largest absolute Gasteiger partial charge is 0.467 e. The Morgan fingerprint density at radius 3 is 3.00 bits per heavy atom. The lowest BCUT2D eigenvalue weighted by Gasteiger charge is -2.28. The van der Waals surface area contributed by atoms with Gasteiger partial charge in [-0.3, -0.25) is 9.72 Å². The lowest BCUT2D eigenvalue weighted by molar-refractivity contribution is 0.179. The highest BCUT2D eigenvalue weighted by atomic mass is 16.3. The highest BCUT2D eigenvalue weighted by Gasteiger charge is 2.29. The van der Waals surface area contributed by atoms with Crippen molar-refractivity contribution in [2.24, 2.45) is 0 Å². The van der Waals surface area contributed by atoms with Gasteiger partial charge in [-0.25, -0.2) is 4.79 Å². The molecule has 3 aromatic rings. The van der Waals surface area contributed by atoms with Gasteiger partial charge in [0.15, 0.2) is 5.65 Å². The summed E-state index contributed by atoms with van der Waals surface area (Å²) >= 11 is 0. The number of urea groups is 1. The van der Waals surface area contributed by atoms with E-state index >= 15 is 0 Å². The quantitative estimate of drug-likeness (QED) is 0.783. The van der Waals surface area contributed by atoms with E-state index < -0.39 is 0 Å². The van der Waals surface area contributed by atoms with Crippen molar-refractivity contribution in [3.63, 3.8) is 0 Å². The summed E-state index contributed by atoms with van der Waals surface area (Å²) in [5, 5.41) is 11.0. The van der Waals surface area contributed by atoms with Crippen LogP contribution >= 0.6 is 0 Å². The van der Waals surface area contributed by atoms with Crippen molar-refractivity contribution in [3.8, 4) is 0 Å². The summed E-state index contributed by atoms with van der Waals surface area (Å²) in [6.45, 7) is 0.702. The van der Waals surface area contributed by atoms with E-state index in [9.17, 15) is 4.79 Å². The standard InChI is InChI=1S/C17H19N5O2/c23-17(18-16-20-19-15-9-3-5-11-22(15)16)21-10-4-1-2-7-13(21)14-8-6-12-24-14/h3,5-6,8-9,11-13H,1-2,4,7,10H2,(H,18,20,23)/t13-/m1/s1. The summed E-state index contributed by atoms with van der Waals surface area (Å²) in [5.41, 5.74) is 0.700. The Kier molecular flexibility index (Phi) is 3.90. The molecule has 3 aromatic heterocycles. The molecule has 1 aliphatic rings. The zero-order chi connectivity index (χ0) is 16.4. The van der Waals surface area contributed by atoms with Crippen LogP contribution in [0.4, 0.5) is 10.7 Å². The van der Waals surface area contributed by atoms with Crippen molar-refractivity contribution in [1.29, 1.82) is 0 Å². The predicted octanol–water partition coefficient (Wildman–Crippen LogP) is 3.47. The average molecular weight is 325 g/mol. The zero-order valence-corrected chi connectivity index (χ0v) is 13.3. The lowest BCUT2D eigenvalue weighted by atomic mass is 10.1. The van der Waals surface area contributed by atoms with Gasteiger partial charge in [-0.05, 0) is 37.1 Å². The Morgan fingerprint density at radius 2 is 2.12 bits per heavy atom. The number of hydrogen-bond donors (Lipinski definition) is 1. The van der Waals surface area contributed by atoms with Crippen molar-refractivity contribution in [3.05, 3.63) is 48.6 Å².